The Bertz CT molecular complexity index is 518. The van der Waals surface area contributed by atoms with Crippen LogP contribution >= 0.6 is 11.3 Å². The normalized spacial score (nSPS) is 12.8. The smallest absolute Gasteiger partial charge is 0.264 e. The third-order valence-corrected chi connectivity index (χ3v) is 3.67. The number of rotatable bonds is 6. The minimum atomic E-state index is -3.47. The summed E-state index contributed by atoms with van der Waals surface area (Å²) in [6.45, 7) is -0.106. The molecular weight excluding hydrogens is 288 g/mol. The third-order valence-electron chi connectivity index (χ3n) is 1.55. The molecule has 0 saturated heterocycles. The molecule has 1 aromatic rings. The first-order valence-corrected chi connectivity index (χ1v) is 8.87. The molecule has 6 nitrogen and oxygen atoms in total. The Kier molecular flexibility index (Phi) is 4.67. The molecule has 98 valence electrons. The van der Waals surface area contributed by atoms with E-state index in [1.807, 2.05) is 0 Å². The van der Waals surface area contributed by atoms with Crippen LogP contribution in [0.1, 0.15) is 9.75 Å². The van der Waals surface area contributed by atoms with Crippen molar-refractivity contribution in [2.45, 2.75) is 13.2 Å². The van der Waals surface area contributed by atoms with E-state index in [0.29, 0.717) is 9.75 Å². The van der Waals surface area contributed by atoms with Crippen LogP contribution in [0.4, 0.5) is 0 Å². The molecule has 0 fully saturated rings. The van der Waals surface area contributed by atoms with Gasteiger partial charge < -0.3 is 0 Å². The molecule has 0 saturated carbocycles. The van der Waals surface area contributed by atoms with Gasteiger partial charge in [-0.3, -0.25) is 8.37 Å². The molecular formula is C8H12O6S3. The maximum atomic E-state index is 10.7. The monoisotopic (exact) mass is 300 g/mol. The molecule has 1 aromatic heterocycles. The van der Waals surface area contributed by atoms with Gasteiger partial charge in [0.1, 0.15) is 13.2 Å². The Morgan fingerprint density at radius 1 is 0.941 bits per heavy atom. The molecule has 0 N–H and O–H groups in total. The average molecular weight is 300 g/mol. The summed E-state index contributed by atoms with van der Waals surface area (Å²) in [4.78, 5) is 1.37. The fourth-order valence-electron chi connectivity index (χ4n) is 0.908. The number of hydrogen-bond donors (Lipinski definition) is 0. The van der Waals surface area contributed by atoms with Gasteiger partial charge >= 0.3 is 0 Å². The summed E-state index contributed by atoms with van der Waals surface area (Å²) >= 11 is 1.24. The van der Waals surface area contributed by atoms with Gasteiger partial charge in [-0.15, -0.1) is 11.3 Å². The second kappa shape index (κ2) is 5.44. The van der Waals surface area contributed by atoms with E-state index in [-0.39, 0.29) is 13.2 Å². The summed E-state index contributed by atoms with van der Waals surface area (Å²) in [6, 6.07) is 3.33. The maximum absolute atomic E-state index is 10.7. The fraction of sp³-hybridized carbons (Fsp3) is 0.500. The summed E-state index contributed by atoms with van der Waals surface area (Å²) in [7, 11) is -6.94. The topological polar surface area (TPSA) is 86.7 Å². The van der Waals surface area contributed by atoms with Gasteiger partial charge in [0.15, 0.2) is 0 Å². The summed E-state index contributed by atoms with van der Waals surface area (Å²) in [5.74, 6) is 0. The summed E-state index contributed by atoms with van der Waals surface area (Å²) in [5.41, 5.74) is 0. The van der Waals surface area contributed by atoms with Crippen LogP contribution in [0.15, 0.2) is 12.1 Å². The van der Waals surface area contributed by atoms with E-state index in [1.165, 1.54) is 11.3 Å². The zero-order valence-electron chi connectivity index (χ0n) is 9.24. The van der Waals surface area contributed by atoms with Crippen molar-refractivity contribution in [2.75, 3.05) is 12.5 Å². The van der Waals surface area contributed by atoms with E-state index >= 15 is 0 Å². The van der Waals surface area contributed by atoms with Crippen molar-refractivity contribution in [1.29, 1.82) is 0 Å². The zero-order valence-corrected chi connectivity index (χ0v) is 11.7. The van der Waals surface area contributed by atoms with Gasteiger partial charge in [-0.25, -0.2) is 0 Å². The van der Waals surface area contributed by atoms with Crippen molar-refractivity contribution in [3.05, 3.63) is 21.9 Å². The van der Waals surface area contributed by atoms with Crippen LogP contribution in [0.25, 0.3) is 0 Å². The molecule has 0 radical (unpaired) electrons. The minimum Gasteiger partial charge on any atom is -0.265 e. The summed E-state index contributed by atoms with van der Waals surface area (Å²) in [6.07, 6.45) is 1.93. The molecule has 0 unspecified atom stereocenters. The molecule has 9 heteroatoms. The van der Waals surface area contributed by atoms with E-state index in [0.717, 1.165) is 12.5 Å². The predicted octanol–water partition coefficient (Wildman–Crippen LogP) is 0.701. The molecule has 0 atom stereocenters. The van der Waals surface area contributed by atoms with E-state index in [9.17, 15) is 16.8 Å². The van der Waals surface area contributed by atoms with Crippen LogP contribution in [0.3, 0.4) is 0 Å². The Balaban J connectivity index is 2.54. The first-order valence-electron chi connectivity index (χ1n) is 4.42. The lowest BCUT2D eigenvalue weighted by molar-refractivity contribution is 0.315. The van der Waals surface area contributed by atoms with Crippen molar-refractivity contribution >= 4 is 31.6 Å². The first-order chi connectivity index (χ1) is 7.66. The Morgan fingerprint density at radius 2 is 1.29 bits per heavy atom. The molecule has 17 heavy (non-hydrogen) atoms. The van der Waals surface area contributed by atoms with Gasteiger partial charge in [0, 0.05) is 9.75 Å². The van der Waals surface area contributed by atoms with E-state index in [1.54, 1.807) is 12.1 Å². The van der Waals surface area contributed by atoms with E-state index in [4.69, 9.17) is 0 Å². The second-order valence-corrected chi connectivity index (χ2v) is 7.84. The molecule has 0 bridgehead atoms. The Morgan fingerprint density at radius 3 is 1.59 bits per heavy atom. The summed E-state index contributed by atoms with van der Waals surface area (Å²) in [5, 5.41) is 0. The first kappa shape index (κ1) is 14.6. The summed E-state index contributed by atoms with van der Waals surface area (Å²) < 4.78 is 52.2. The highest BCUT2D eigenvalue weighted by atomic mass is 32.2. The van der Waals surface area contributed by atoms with Crippen molar-refractivity contribution in [1.82, 2.24) is 0 Å². The van der Waals surface area contributed by atoms with Crippen molar-refractivity contribution in [2.24, 2.45) is 0 Å². The Labute approximate surface area is 104 Å². The third kappa shape index (κ3) is 6.74. The lowest BCUT2D eigenvalue weighted by Crippen LogP contribution is -2.01. The second-order valence-electron chi connectivity index (χ2n) is 3.30. The van der Waals surface area contributed by atoms with Crippen LogP contribution < -0.4 is 0 Å². The molecule has 0 aliphatic heterocycles. The van der Waals surface area contributed by atoms with Gasteiger partial charge in [0.25, 0.3) is 20.2 Å². The van der Waals surface area contributed by atoms with Gasteiger partial charge in [0.2, 0.25) is 0 Å². The highest BCUT2D eigenvalue weighted by Gasteiger charge is 2.07. The largest absolute Gasteiger partial charge is 0.265 e. The van der Waals surface area contributed by atoms with E-state index in [2.05, 4.69) is 8.37 Å². The van der Waals surface area contributed by atoms with E-state index < -0.39 is 20.2 Å². The quantitative estimate of drug-likeness (QED) is 0.719. The average Bonchev–Trinajstić information content (AvgIpc) is 2.57. The van der Waals surface area contributed by atoms with Crippen molar-refractivity contribution in [3.8, 4) is 0 Å². The van der Waals surface area contributed by atoms with Crippen LogP contribution in [-0.2, 0) is 41.8 Å². The molecule has 1 rings (SSSR count). The van der Waals surface area contributed by atoms with Crippen LogP contribution in [0, 0.1) is 0 Å². The highest BCUT2D eigenvalue weighted by Crippen LogP contribution is 2.19. The number of hydrogen-bond acceptors (Lipinski definition) is 7. The van der Waals surface area contributed by atoms with Crippen LogP contribution in [0.2, 0.25) is 0 Å². The minimum absolute atomic E-state index is 0.0532. The lowest BCUT2D eigenvalue weighted by atomic mass is 10.4. The van der Waals surface area contributed by atoms with Crippen molar-refractivity contribution in [3.63, 3.8) is 0 Å². The Hall–Kier alpha value is -0.480. The van der Waals surface area contributed by atoms with Gasteiger partial charge in [-0.2, -0.15) is 16.8 Å². The van der Waals surface area contributed by atoms with Crippen LogP contribution in [0.5, 0.6) is 0 Å². The molecule has 0 aliphatic rings. The molecule has 0 aromatic carbocycles. The van der Waals surface area contributed by atoms with Gasteiger partial charge in [-0.1, -0.05) is 0 Å². The number of thiophene rings is 1. The van der Waals surface area contributed by atoms with Crippen LogP contribution in [-0.4, -0.2) is 29.3 Å². The maximum Gasteiger partial charge on any atom is 0.264 e. The molecule has 1 heterocycles. The lowest BCUT2D eigenvalue weighted by Gasteiger charge is -1.98. The van der Waals surface area contributed by atoms with Gasteiger partial charge in [-0.05, 0) is 12.1 Å². The SMILES string of the molecule is CS(=O)(=O)OCc1ccc(COS(C)(=O)=O)s1. The molecule has 0 amide bonds. The molecule has 0 spiro atoms. The predicted molar refractivity (Wildman–Crippen MR) is 63.6 cm³/mol. The molecule has 0 aliphatic carbocycles. The standard InChI is InChI=1S/C8H12O6S3/c1-16(9,10)13-5-7-3-4-8(15-7)6-14-17(2,11)12/h3-4H,5-6H2,1-2H3. The fourth-order valence-corrected chi connectivity index (χ4v) is 2.58. The van der Waals surface area contributed by atoms with Crippen molar-refractivity contribution < 1.29 is 25.2 Å². The zero-order chi connectivity index (χ0) is 13.1. The highest BCUT2D eigenvalue weighted by molar-refractivity contribution is 7.86. The van der Waals surface area contributed by atoms with Gasteiger partial charge in [0.05, 0.1) is 12.5 Å².